The normalized spacial score (nSPS) is 24.1. The Labute approximate surface area is 251 Å². The monoisotopic (exact) mass is 621 g/mol. The van der Waals surface area contributed by atoms with E-state index in [1.807, 2.05) is 0 Å². The largest absolute Gasteiger partial charge is 0.481 e. The van der Waals surface area contributed by atoms with Crippen LogP contribution in [-0.2, 0) is 19.2 Å². The lowest BCUT2D eigenvalue weighted by Gasteiger charge is -2.31. The molecule has 2 aromatic rings. The van der Waals surface area contributed by atoms with E-state index in [4.69, 9.17) is 14.6 Å². The van der Waals surface area contributed by atoms with Crippen LogP contribution in [0.1, 0.15) is 49.4 Å². The predicted molar refractivity (Wildman–Crippen MR) is 152 cm³/mol. The van der Waals surface area contributed by atoms with Gasteiger partial charge in [-0.3, -0.25) is 19.5 Å². The van der Waals surface area contributed by atoms with Gasteiger partial charge in [0.2, 0.25) is 0 Å². The zero-order valence-corrected chi connectivity index (χ0v) is 25.1. The van der Waals surface area contributed by atoms with E-state index in [-0.39, 0.29) is 38.3 Å². The highest BCUT2D eigenvalue weighted by Gasteiger charge is 2.61. The van der Waals surface area contributed by atoms with Crippen molar-refractivity contribution in [2.45, 2.75) is 58.2 Å². The van der Waals surface area contributed by atoms with Gasteiger partial charge in [0, 0.05) is 30.4 Å². The Kier molecular flexibility index (Phi) is 8.67. The maximum absolute atomic E-state index is 15.6. The van der Waals surface area contributed by atoms with E-state index in [1.165, 1.54) is 28.5 Å². The summed E-state index contributed by atoms with van der Waals surface area (Å²) in [5, 5.41) is 16.1. The number of rotatable bonds is 10. The van der Waals surface area contributed by atoms with Crippen LogP contribution >= 0.6 is 11.3 Å². The molecular weight excluding hydrogens is 587 g/mol. The predicted octanol–water partition coefficient (Wildman–Crippen LogP) is 3.94. The van der Waals surface area contributed by atoms with Crippen LogP contribution in [0.25, 0.3) is 0 Å². The number of halogens is 3. The molecule has 3 atom stereocenters. The van der Waals surface area contributed by atoms with E-state index in [1.54, 1.807) is 50.2 Å². The fraction of sp³-hybridized carbons (Fsp3) is 0.517. The number of hydrogen-bond acceptors (Lipinski definition) is 10. The molecule has 0 aliphatic carbocycles. The Morgan fingerprint density at radius 1 is 1.33 bits per heavy atom. The highest BCUT2D eigenvalue weighted by Crippen LogP contribution is 2.42. The number of ether oxygens (including phenoxy) is 1. The van der Waals surface area contributed by atoms with E-state index in [0.29, 0.717) is 27.7 Å². The fourth-order valence-corrected chi connectivity index (χ4v) is 6.24. The second-order valence-corrected chi connectivity index (χ2v) is 12.4. The first-order chi connectivity index (χ1) is 20.3. The number of amidine groups is 1. The van der Waals surface area contributed by atoms with Crippen molar-refractivity contribution in [1.82, 2.24) is 20.3 Å². The number of hydroxylamine groups is 2. The van der Waals surface area contributed by atoms with Crippen LogP contribution in [0, 0.1) is 18.2 Å². The van der Waals surface area contributed by atoms with Crippen LogP contribution in [-0.4, -0.2) is 88.7 Å². The lowest BCUT2D eigenvalue weighted by Crippen LogP contribution is -2.46. The minimum Gasteiger partial charge on any atom is -0.481 e. The SMILES string of the molecule is CCOC(=O)C1=C(CN2CC(F)(F)C3C2CON3CCC(C)(C)C(=O)O)NC(c2nccs2)=N[C@H]1c1cccc(F)c1C. The summed E-state index contributed by atoms with van der Waals surface area (Å²) < 4.78 is 51.2. The van der Waals surface area contributed by atoms with Crippen molar-refractivity contribution in [1.29, 1.82) is 0 Å². The molecule has 10 nitrogen and oxygen atoms in total. The van der Waals surface area contributed by atoms with E-state index >= 15 is 8.78 Å². The molecule has 4 heterocycles. The van der Waals surface area contributed by atoms with Gasteiger partial charge in [-0.15, -0.1) is 11.3 Å². The number of thiazole rings is 1. The van der Waals surface area contributed by atoms with Crippen molar-refractivity contribution < 1.29 is 37.4 Å². The Balaban J connectivity index is 1.51. The molecule has 0 bridgehead atoms. The zero-order chi connectivity index (χ0) is 31.1. The molecule has 1 aromatic heterocycles. The summed E-state index contributed by atoms with van der Waals surface area (Å²) >= 11 is 1.30. The third-order valence-electron chi connectivity index (χ3n) is 8.16. The number of benzene rings is 1. The van der Waals surface area contributed by atoms with Gasteiger partial charge in [0.05, 0.1) is 36.8 Å². The van der Waals surface area contributed by atoms with E-state index in [0.717, 1.165) is 0 Å². The molecule has 43 heavy (non-hydrogen) atoms. The van der Waals surface area contributed by atoms with Gasteiger partial charge in [-0.1, -0.05) is 12.1 Å². The fourth-order valence-electron chi connectivity index (χ4n) is 5.65. The van der Waals surface area contributed by atoms with Crippen LogP contribution in [0.5, 0.6) is 0 Å². The molecule has 3 aliphatic heterocycles. The van der Waals surface area contributed by atoms with Gasteiger partial charge in [0.15, 0.2) is 10.8 Å². The molecule has 5 rings (SSSR count). The summed E-state index contributed by atoms with van der Waals surface area (Å²) in [4.78, 5) is 41.3. The smallest absolute Gasteiger partial charge is 0.338 e. The highest BCUT2D eigenvalue weighted by molar-refractivity contribution is 7.11. The third-order valence-corrected chi connectivity index (χ3v) is 8.94. The van der Waals surface area contributed by atoms with Crippen LogP contribution in [0.2, 0.25) is 0 Å². The second-order valence-electron chi connectivity index (χ2n) is 11.5. The van der Waals surface area contributed by atoms with Gasteiger partial charge in [-0.25, -0.2) is 22.9 Å². The number of aromatic nitrogens is 1. The molecule has 2 saturated heterocycles. The van der Waals surface area contributed by atoms with Crippen LogP contribution < -0.4 is 5.32 Å². The van der Waals surface area contributed by atoms with Crippen LogP contribution in [0.3, 0.4) is 0 Å². The zero-order valence-electron chi connectivity index (χ0n) is 24.3. The quantitative estimate of drug-likeness (QED) is 0.381. The van der Waals surface area contributed by atoms with Gasteiger partial charge >= 0.3 is 11.9 Å². The minimum atomic E-state index is -3.18. The molecule has 2 N–H and O–H groups in total. The molecule has 1 aromatic carbocycles. The molecule has 3 aliphatic rings. The summed E-state index contributed by atoms with van der Waals surface area (Å²) in [6, 6.07) is 1.50. The number of aliphatic imine (C=N–C) groups is 1. The molecule has 232 valence electrons. The maximum Gasteiger partial charge on any atom is 0.338 e. The van der Waals surface area contributed by atoms with E-state index < -0.39 is 53.8 Å². The number of nitrogens with zero attached hydrogens (tertiary/aromatic N) is 4. The molecule has 0 spiro atoms. The Hall–Kier alpha value is -3.33. The first kappa shape index (κ1) is 31.1. The first-order valence-corrected chi connectivity index (χ1v) is 14.9. The highest BCUT2D eigenvalue weighted by atomic mass is 32.1. The summed E-state index contributed by atoms with van der Waals surface area (Å²) in [6.45, 7) is 5.66. The third kappa shape index (κ3) is 6.06. The van der Waals surface area contributed by atoms with Gasteiger partial charge in [0.25, 0.3) is 5.92 Å². The standard InChI is InChI=1S/C29H34F3N5O5S/c1-5-41-26(38)21-19(34-24(25-33-10-12-43-25)35-22(21)17-7-6-8-18(30)16(17)2)13-36-15-29(31,32)23-20(36)14-42-37(23)11-9-28(3,4)27(39)40/h6-8,10,12,20,22-23H,5,9,11,13-15H2,1-4H3,(H,34,35)(H,39,40)/t20?,22-,23?/m0/s1. The lowest BCUT2D eigenvalue weighted by atomic mass is 9.89. The number of carbonyl (C=O) groups excluding carboxylic acids is 1. The Morgan fingerprint density at radius 3 is 2.77 bits per heavy atom. The summed E-state index contributed by atoms with van der Waals surface area (Å²) in [6.07, 6.45) is 1.71. The van der Waals surface area contributed by atoms with Crippen molar-refractivity contribution in [3.05, 3.63) is 63.0 Å². The number of carboxylic acid groups (broad SMARTS) is 1. The van der Waals surface area contributed by atoms with E-state index in [2.05, 4.69) is 10.3 Å². The van der Waals surface area contributed by atoms with Gasteiger partial charge in [-0.05, 0) is 51.3 Å². The van der Waals surface area contributed by atoms with Crippen molar-refractivity contribution in [2.75, 3.05) is 32.8 Å². The molecule has 0 radical (unpaired) electrons. The first-order valence-electron chi connectivity index (χ1n) is 14.0. The molecule has 0 amide bonds. The number of nitrogens with one attached hydrogen (secondary N) is 1. The van der Waals surface area contributed by atoms with Crippen LogP contribution in [0.15, 0.2) is 46.0 Å². The van der Waals surface area contributed by atoms with Gasteiger partial charge < -0.3 is 15.2 Å². The van der Waals surface area contributed by atoms with E-state index in [9.17, 15) is 19.1 Å². The number of aliphatic carboxylic acids is 1. The average Bonchev–Trinajstić information content (AvgIpc) is 3.68. The topological polar surface area (TPSA) is 117 Å². The maximum atomic E-state index is 15.6. The van der Waals surface area contributed by atoms with Crippen molar-refractivity contribution in [3.8, 4) is 0 Å². The van der Waals surface area contributed by atoms with Crippen molar-refractivity contribution in [2.24, 2.45) is 10.4 Å². The number of hydrogen-bond donors (Lipinski definition) is 2. The Morgan fingerprint density at radius 2 is 2.09 bits per heavy atom. The van der Waals surface area contributed by atoms with Crippen molar-refractivity contribution in [3.63, 3.8) is 0 Å². The summed E-state index contributed by atoms with van der Waals surface area (Å²) in [7, 11) is 0. The molecule has 2 fully saturated rings. The number of esters is 1. The molecular formula is C29H34F3N5O5S. The van der Waals surface area contributed by atoms with Gasteiger partial charge in [0.1, 0.15) is 17.9 Å². The summed E-state index contributed by atoms with van der Waals surface area (Å²) in [5.41, 5.74) is 0.0263. The van der Waals surface area contributed by atoms with Crippen LogP contribution in [0.4, 0.5) is 13.2 Å². The van der Waals surface area contributed by atoms with Crippen molar-refractivity contribution >= 4 is 29.1 Å². The molecule has 14 heteroatoms. The number of likely N-dealkylation sites (tertiary alicyclic amines) is 1. The molecule has 2 unspecified atom stereocenters. The average molecular weight is 622 g/mol. The Bertz CT molecular complexity index is 1450. The number of fused-ring (bicyclic) bond motifs is 1. The number of carboxylic acids is 1. The lowest BCUT2D eigenvalue weighted by molar-refractivity contribution is -0.186. The second kappa shape index (κ2) is 12.0. The number of carbonyl (C=O) groups is 2. The van der Waals surface area contributed by atoms with Gasteiger partial charge in [-0.2, -0.15) is 5.06 Å². The summed E-state index contributed by atoms with van der Waals surface area (Å²) in [5.74, 6) is -5.04. The number of alkyl halides is 2. The minimum absolute atomic E-state index is 0.0146. The molecule has 0 saturated carbocycles.